The molecule has 0 unspecified atom stereocenters. The zero-order chi connectivity index (χ0) is 6.83. The maximum Gasteiger partial charge on any atom is 0.229 e. The number of rotatable bonds is 1. The Kier molecular flexibility index (Phi) is 21.1. The first-order chi connectivity index (χ1) is 3.83. The Balaban J connectivity index is 0. The minimum atomic E-state index is 0.681. The van der Waals surface area contributed by atoms with E-state index in [1.54, 1.807) is 6.08 Å². The van der Waals surface area contributed by atoms with Gasteiger partial charge in [0.25, 0.3) is 0 Å². The fourth-order valence-electron chi connectivity index (χ4n) is 0.0833. The van der Waals surface area contributed by atoms with Crippen LogP contribution in [0, 0.1) is 12.3 Å². The molecule has 8 heavy (non-hydrogen) atoms. The Labute approximate surface area is 57.2 Å². The van der Waals surface area contributed by atoms with Crippen LogP contribution in [0.5, 0.6) is 0 Å². The van der Waals surface area contributed by atoms with E-state index < -0.39 is 0 Å². The smallest absolute Gasteiger partial charge is 0.229 e. The lowest BCUT2D eigenvalue weighted by atomic mass is 10.5. The van der Waals surface area contributed by atoms with E-state index in [1.807, 2.05) is 0 Å². The number of terminal acetylenes is 1. The molecular weight excluding hydrogens is 132 g/mol. The molecule has 40 valence electrons. The van der Waals surface area contributed by atoms with Crippen molar-refractivity contribution in [1.29, 1.82) is 0 Å². The highest BCUT2D eigenvalue weighted by Gasteiger charge is 1.52. The fraction of sp³-hybridized carbons (Fsp3) is 0.200. The van der Waals surface area contributed by atoms with E-state index in [4.69, 9.17) is 6.42 Å². The van der Waals surface area contributed by atoms with Crippen LogP contribution in [0.1, 0.15) is 6.42 Å². The van der Waals surface area contributed by atoms with Gasteiger partial charge >= 0.3 is 0 Å². The molecule has 0 aromatic heterocycles. The quantitative estimate of drug-likeness (QED) is 0.289. The molecule has 0 spiro atoms. The molecule has 0 bridgehead atoms. The van der Waals surface area contributed by atoms with Crippen LogP contribution in [-0.4, -0.2) is 21.0 Å². The largest absolute Gasteiger partial charge is 0.458 e. The molecule has 3 heteroatoms. The van der Waals surface area contributed by atoms with E-state index in [9.17, 15) is 0 Å². The minimum Gasteiger partial charge on any atom is -0.458 e. The fourth-order valence-corrected chi connectivity index (χ4v) is 0.0833. The molecule has 1 nitrogen and oxygen atoms in total. The van der Waals surface area contributed by atoms with Gasteiger partial charge in [-0.05, 0) is 0 Å². The van der Waals surface area contributed by atoms with E-state index in [-0.39, 0.29) is 0 Å². The molecule has 0 amide bonds. The summed E-state index contributed by atoms with van der Waals surface area (Å²) in [6, 6.07) is 0. The van der Waals surface area contributed by atoms with Gasteiger partial charge in [-0.25, -0.2) is 0 Å². The van der Waals surface area contributed by atoms with Gasteiger partial charge in [-0.1, -0.05) is 6.08 Å². The number of hydrogen-bond acceptors (Lipinski definition) is 1. The normalized spacial score (nSPS) is 5.62. The van der Waals surface area contributed by atoms with E-state index >= 15 is 0 Å². The highest BCUT2D eigenvalue weighted by atomic mass is 28.3. The predicted octanol–water partition coefficient (Wildman–Crippen LogP) is 0.366. The molecule has 0 aromatic carbocycles. The van der Waals surface area contributed by atoms with Gasteiger partial charge in [0.05, 0.1) is 0 Å². The van der Waals surface area contributed by atoms with Crippen LogP contribution in [-0.2, 0) is 4.12 Å². The van der Waals surface area contributed by atoms with E-state index in [2.05, 4.69) is 37.6 Å². The Morgan fingerprint density at radius 1 is 1.75 bits per heavy atom. The Morgan fingerprint density at radius 2 is 2.12 bits per heavy atom. The Morgan fingerprint density at radius 3 is 2.12 bits per heavy atom. The third kappa shape index (κ3) is 43.7. The van der Waals surface area contributed by atoms with Crippen molar-refractivity contribution >= 4 is 21.0 Å². The van der Waals surface area contributed by atoms with Crippen molar-refractivity contribution in [2.75, 3.05) is 0 Å². The van der Waals surface area contributed by atoms with Crippen LogP contribution < -0.4 is 0 Å². The second-order valence-corrected chi connectivity index (χ2v) is 1.62. The third-order valence-electron chi connectivity index (χ3n) is 0.262. The van der Waals surface area contributed by atoms with Gasteiger partial charge in [0, 0.05) is 6.42 Å². The topological polar surface area (TPSA) is 9.23 Å². The third-order valence-corrected chi connectivity index (χ3v) is 0.262. The molecule has 0 N–H and O–H groups in total. The van der Waals surface area contributed by atoms with Crippen LogP contribution in [0.15, 0.2) is 12.7 Å². The van der Waals surface area contributed by atoms with Gasteiger partial charge in [-0.2, -0.15) is 0 Å². The molecule has 0 fully saturated rings. The van der Waals surface area contributed by atoms with Gasteiger partial charge < -0.3 is 4.12 Å². The van der Waals surface area contributed by atoms with Crippen LogP contribution in [0.2, 0.25) is 0 Å². The molecular formula is C5H6OSi2. The zero-order valence-electron chi connectivity index (χ0n) is 4.48. The van der Waals surface area contributed by atoms with Crippen molar-refractivity contribution in [2.45, 2.75) is 6.42 Å². The molecule has 0 aliphatic heterocycles. The number of hydrogen-bond donors (Lipinski definition) is 0. The Hall–Kier alpha value is -0.306. The summed E-state index contributed by atoms with van der Waals surface area (Å²) < 4.78 is 3.86. The minimum absolute atomic E-state index is 0.681. The molecule has 0 heterocycles. The first-order valence-electron chi connectivity index (χ1n) is 1.87. The second kappa shape index (κ2) is 15.9. The van der Waals surface area contributed by atoms with E-state index in [0.717, 1.165) is 0 Å². The predicted molar refractivity (Wildman–Crippen MR) is 36.2 cm³/mol. The monoisotopic (exact) mass is 138 g/mol. The summed E-state index contributed by atoms with van der Waals surface area (Å²) in [5.74, 6) is 2.40. The van der Waals surface area contributed by atoms with Gasteiger partial charge in [0.1, 0.15) is 0 Å². The van der Waals surface area contributed by atoms with Crippen LogP contribution in [0.4, 0.5) is 0 Å². The lowest BCUT2D eigenvalue weighted by Crippen LogP contribution is -1.65. The molecule has 0 aliphatic carbocycles. The van der Waals surface area contributed by atoms with E-state index in [1.165, 1.54) is 0 Å². The van der Waals surface area contributed by atoms with Gasteiger partial charge in [0.2, 0.25) is 21.0 Å². The van der Waals surface area contributed by atoms with Crippen molar-refractivity contribution in [3.63, 3.8) is 0 Å². The van der Waals surface area contributed by atoms with Gasteiger partial charge in [0.15, 0.2) is 0 Å². The average molecular weight is 138 g/mol. The first-order valence-corrected chi connectivity index (χ1v) is 2.68. The summed E-state index contributed by atoms with van der Waals surface area (Å²) in [7, 11) is 5.19. The Bertz CT molecular complexity index is 75.0. The van der Waals surface area contributed by atoms with Gasteiger partial charge in [-0.15, -0.1) is 18.9 Å². The summed E-state index contributed by atoms with van der Waals surface area (Å²) in [5, 5.41) is 0. The van der Waals surface area contributed by atoms with Crippen molar-refractivity contribution in [1.82, 2.24) is 0 Å². The summed E-state index contributed by atoms with van der Waals surface area (Å²) in [5.41, 5.74) is 0. The first kappa shape index (κ1) is 10.6. The molecule has 6 radical (unpaired) electrons. The molecule has 0 saturated heterocycles. The summed E-state index contributed by atoms with van der Waals surface area (Å²) in [4.78, 5) is 0. The van der Waals surface area contributed by atoms with Crippen molar-refractivity contribution in [3.05, 3.63) is 12.7 Å². The van der Waals surface area contributed by atoms with E-state index in [0.29, 0.717) is 6.42 Å². The maximum atomic E-state index is 4.82. The zero-order valence-corrected chi connectivity index (χ0v) is 6.48. The summed E-state index contributed by atoms with van der Waals surface area (Å²) >= 11 is 0. The van der Waals surface area contributed by atoms with Crippen molar-refractivity contribution < 1.29 is 4.12 Å². The lowest BCUT2D eigenvalue weighted by Gasteiger charge is -1.60. The summed E-state index contributed by atoms with van der Waals surface area (Å²) in [6.07, 6.45) is 7.19. The molecule has 0 rings (SSSR count). The molecule has 0 atom stereocenters. The SMILES string of the molecule is C#CCC=C.[Si]O[Si]. The molecule has 0 aromatic rings. The van der Waals surface area contributed by atoms with Crippen molar-refractivity contribution in [3.8, 4) is 12.3 Å². The molecule has 0 saturated carbocycles. The highest BCUT2D eigenvalue weighted by Crippen LogP contribution is 1.67. The standard InChI is InChI=1S/C5H6.OSi2/c1-3-5-4-2;2-1-3/h1,4H,2,5H2;. The van der Waals surface area contributed by atoms with Gasteiger partial charge in [-0.3, -0.25) is 0 Å². The highest BCUT2D eigenvalue weighted by molar-refractivity contribution is 6.15. The van der Waals surface area contributed by atoms with Crippen molar-refractivity contribution in [2.24, 2.45) is 0 Å². The average Bonchev–Trinajstić information content (AvgIpc) is 1.71. The van der Waals surface area contributed by atoms with Crippen LogP contribution in [0.3, 0.4) is 0 Å². The number of allylic oxidation sites excluding steroid dienone is 1. The maximum absolute atomic E-state index is 4.82. The van der Waals surface area contributed by atoms with Crippen LogP contribution in [0.25, 0.3) is 0 Å². The lowest BCUT2D eigenvalue weighted by molar-refractivity contribution is 0.690. The second-order valence-electron chi connectivity index (χ2n) is 0.799. The molecule has 0 aliphatic rings. The summed E-state index contributed by atoms with van der Waals surface area (Å²) in [6.45, 7) is 3.41. The van der Waals surface area contributed by atoms with Crippen LogP contribution >= 0.6 is 0 Å².